The summed E-state index contributed by atoms with van der Waals surface area (Å²) >= 11 is 0. The van der Waals surface area contributed by atoms with Gasteiger partial charge in [0.2, 0.25) is 5.89 Å². The van der Waals surface area contributed by atoms with Crippen LogP contribution in [0, 0.1) is 11.2 Å². The molecule has 5 nitrogen and oxygen atoms in total. The maximum Gasteiger partial charge on any atom is 0.209 e. The summed E-state index contributed by atoms with van der Waals surface area (Å²) in [6.07, 6.45) is 3.65. The van der Waals surface area contributed by atoms with Crippen molar-refractivity contribution in [2.45, 2.75) is 19.4 Å². The van der Waals surface area contributed by atoms with Crippen LogP contribution >= 0.6 is 0 Å². The molecule has 25 heavy (non-hydrogen) atoms. The van der Waals surface area contributed by atoms with Gasteiger partial charge < -0.3 is 13.9 Å². The van der Waals surface area contributed by atoms with Crippen LogP contribution < -0.4 is 0 Å². The summed E-state index contributed by atoms with van der Waals surface area (Å²) in [6, 6.07) is 6.59. The van der Waals surface area contributed by atoms with E-state index in [-0.39, 0.29) is 11.2 Å². The number of nitrogens with zero attached hydrogens (tertiary/aromatic N) is 2. The number of rotatable bonds is 3. The van der Waals surface area contributed by atoms with Crippen LogP contribution in [0.5, 0.6) is 0 Å². The van der Waals surface area contributed by atoms with Crippen LogP contribution in [-0.2, 0) is 16.0 Å². The first-order chi connectivity index (χ1) is 12.2. The van der Waals surface area contributed by atoms with Gasteiger partial charge in [-0.1, -0.05) is 12.1 Å². The number of ether oxygens (including phenoxy) is 2. The molecule has 0 aliphatic carbocycles. The molecular formula is C19H23FN2O3. The van der Waals surface area contributed by atoms with Crippen molar-refractivity contribution in [3.63, 3.8) is 0 Å². The molecule has 1 aromatic heterocycles. The van der Waals surface area contributed by atoms with Crippen molar-refractivity contribution in [2.75, 3.05) is 39.5 Å². The third-order valence-corrected chi connectivity index (χ3v) is 5.12. The summed E-state index contributed by atoms with van der Waals surface area (Å²) in [5.74, 6) is 0.789. The third kappa shape index (κ3) is 3.76. The van der Waals surface area contributed by atoms with Crippen LogP contribution in [-0.4, -0.2) is 49.4 Å². The highest BCUT2D eigenvalue weighted by molar-refractivity contribution is 5.56. The van der Waals surface area contributed by atoms with E-state index in [2.05, 4.69) is 9.88 Å². The van der Waals surface area contributed by atoms with Crippen LogP contribution in [0.2, 0.25) is 0 Å². The van der Waals surface area contributed by atoms with Crippen LogP contribution in [0.15, 0.2) is 34.9 Å². The lowest BCUT2D eigenvalue weighted by Crippen LogP contribution is -2.42. The average molecular weight is 346 g/mol. The number of benzene rings is 1. The van der Waals surface area contributed by atoms with Gasteiger partial charge in [-0.25, -0.2) is 9.37 Å². The molecule has 0 radical (unpaired) electrons. The van der Waals surface area contributed by atoms with E-state index in [9.17, 15) is 4.39 Å². The number of aromatic nitrogens is 1. The van der Waals surface area contributed by atoms with Crippen molar-refractivity contribution in [3.8, 4) is 11.3 Å². The Morgan fingerprint density at radius 1 is 1.12 bits per heavy atom. The molecule has 1 aromatic carbocycles. The molecule has 2 fully saturated rings. The van der Waals surface area contributed by atoms with Gasteiger partial charge in [-0.15, -0.1) is 0 Å². The topological polar surface area (TPSA) is 47.7 Å². The second-order valence-electron chi connectivity index (χ2n) is 6.97. The number of hydrogen-bond acceptors (Lipinski definition) is 5. The molecule has 0 bridgehead atoms. The van der Waals surface area contributed by atoms with E-state index in [1.807, 2.05) is 0 Å². The van der Waals surface area contributed by atoms with Gasteiger partial charge >= 0.3 is 0 Å². The highest BCUT2D eigenvalue weighted by Crippen LogP contribution is 2.34. The predicted molar refractivity (Wildman–Crippen MR) is 90.5 cm³/mol. The fourth-order valence-electron chi connectivity index (χ4n) is 3.68. The van der Waals surface area contributed by atoms with Gasteiger partial charge in [0, 0.05) is 31.7 Å². The van der Waals surface area contributed by atoms with Gasteiger partial charge in [-0.05, 0) is 25.0 Å². The molecule has 0 unspecified atom stereocenters. The summed E-state index contributed by atoms with van der Waals surface area (Å²) in [5.41, 5.74) is 0.608. The van der Waals surface area contributed by atoms with E-state index in [4.69, 9.17) is 13.9 Å². The Bertz CT molecular complexity index is 712. The maximum atomic E-state index is 13.9. The van der Waals surface area contributed by atoms with Crippen LogP contribution in [0.25, 0.3) is 11.3 Å². The minimum absolute atomic E-state index is 0.162. The Balaban J connectivity index is 1.47. The monoisotopic (exact) mass is 346 g/mol. The number of hydrogen-bond donors (Lipinski definition) is 0. The van der Waals surface area contributed by atoms with Crippen LogP contribution in [0.1, 0.15) is 18.7 Å². The smallest absolute Gasteiger partial charge is 0.209 e. The molecule has 3 heterocycles. The van der Waals surface area contributed by atoms with E-state index < -0.39 is 0 Å². The largest absolute Gasteiger partial charge is 0.439 e. The highest BCUT2D eigenvalue weighted by Gasteiger charge is 2.36. The fraction of sp³-hybridized carbons (Fsp3) is 0.526. The van der Waals surface area contributed by atoms with Crippen molar-refractivity contribution in [1.82, 2.24) is 9.88 Å². The molecular weight excluding hydrogens is 323 g/mol. The van der Waals surface area contributed by atoms with Crippen molar-refractivity contribution >= 4 is 0 Å². The Labute approximate surface area is 146 Å². The van der Waals surface area contributed by atoms with Crippen molar-refractivity contribution in [2.24, 2.45) is 5.41 Å². The fourth-order valence-corrected chi connectivity index (χ4v) is 3.68. The van der Waals surface area contributed by atoms with Crippen molar-refractivity contribution < 1.29 is 18.3 Å². The summed E-state index contributed by atoms with van der Waals surface area (Å²) in [5, 5.41) is 0. The number of oxazole rings is 1. The first-order valence-electron chi connectivity index (χ1n) is 8.82. The predicted octanol–water partition coefficient (Wildman–Crippen LogP) is 3.11. The van der Waals surface area contributed by atoms with Gasteiger partial charge in [0.15, 0.2) is 5.76 Å². The Kier molecular flexibility index (Phi) is 4.83. The molecule has 0 amide bonds. The zero-order chi connectivity index (χ0) is 17.1. The van der Waals surface area contributed by atoms with Crippen molar-refractivity contribution in [3.05, 3.63) is 42.2 Å². The molecule has 2 saturated heterocycles. The zero-order valence-electron chi connectivity index (χ0n) is 14.2. The first kappa shape index (κ1) is 16.7. The van der Waals surface area contributed by atoms with E-state index in [0.717, 1.165) is 45.8 Å². The Hall–Kier alpha value is -1.76. The van der Waals surface area contributed by atoms with Gasteiger partial charge in [0.1, 0.15) is 5.82 Å². The standard InChI is InChI=1S/C19H23FN2O3/c20-16-4-2-1-3-15(16)17-11-21-18(25-17)12-22-7-10-24-14-19(13-22)5-8-23-9-6-19/h1-4,11H,5-10,12-14H2. The quantitative estimate of drug-likeness (QED) is 0.855. The average Bonchev–Trinajstić information content (AvgIpc) is 2.99. The van der Waals surface area contributed by atoms with Gasteiger partial charge in [0.05, 0.1) is 31.5 Å². The normalized spacial score (nSPS) is 21.3. The Morgan fingerprint density at radius 3 is 2.80 bits per heavy atom. The summed E-state index contributed by atoms with van der Waals surface area (Å²) in [7, 11) is 0. The van der Waals surface area contributed by atoms with E-state index >= 15 is 0 Å². The highest BCUT2D eigenvalue weighted by atomic mass is 19.1. The molecule has 0 atom stereocenters. The zero-order valence-corrected chi connectivity index (χ0v) is 14.2. The minimum atomic E-state index is -0.297. The second kappa shape index (κ2) is 7.23. The summed E-state index contributed by atoms with van der Waals surface area (Å²) in [4.78, 5) is 6.68. The van der Waals surface area contributed by atoms with Crippen molar-refractivity contribution in [1.29, 1.82) is 0 Å². The van der Waals surface area contributed by atoms with Crippen LogP contribution in [0.4, 0.5) is 4.39 Å². The molecule has 0 N–H and O–H groups in total. The lowest BCUT2D eigenvalue weighted by Gasteiger charge is -2.38. The molecule has 6 heteroatoms. The molecule has 2 aliphatic rings. The number of halogens is 1. The molecule has 2 aromatic rings. The first-order valence-corrected chi connectivity index (χ1v) is 8.82. The molecule has 0 saturated carbocycles. The lowest BCUT2D eigenvalue weighted by molar-refractivity contribution is -0.0323. The second-order valence-corrected chi connectivity index (χ2v) is 6.97. The summed E-state index contributed by atoms with van der Waals surface area (Å²) < 4.78 is 31.1. The molecule has 134 valence electrons. The molecule has 1 spiro atoms. The Morgan fingerprint density at radius 2 is 1.96 bits per heavy atom. The van der Waals surface area contributed by atoms with Gasteiger partial charge in [0.25, 0.3) is 0 Å². The van der Waals surface area contributed by atoms with Crippen LogP contribution in [0.3, 0.4) is 0 Å². The minimum Gasteiger partial charge on any atom is -0.439 e. The lowest BCUT2D eigenvalue weighted by atomic mass is 9.80. The van der Waals surface area contributed by atoms with Gasteiger partial charge in [-0.3, -0.25) is 4.90 Å². The maximum absolute atomic E-state index is 13.9. The van der Waals surface area contributed by atoms with Gasteiger partial charge in [-0.2, -0.15) is 0 Å². The SMILES string of the molecule is Fc1ccccc1-c1cnc(CN2CCOCC3(CCOCC3)C2)o1. The van der Waals surface area contributed by atoms with E-state index in [1.54, 1.807) is 24.4 Å². The molecule has 4 rings (SSSR count). The van der Waals surface area contributed by atoms with E-state index in [0.29, 0.717) is 30.4 Å². The van der Waals surface area contributed by atoms with E-state index in [1.165, 1.54) is 6.07 Å². The third-order valence-electron chi connectivity index (χ3n) is 5.12. The summed E-state index contributed by atoms with van der Waals surface area (Å²) in [6.45, 7) is 5.51. The molecule has 2 aliphatic heterocycles.